The highest BCUT2D eigenvalue weighted by Gasteiger charge is 2.30. The van der Waals surface area contributed by atoms with Crippen LogP contribution in [0.5, 0.6) is 0 Å². The number of aryl methyl sites for hydroxylation is 1. The average molecular weight is 313 g/mol. The Morgan fingerprint density at radius 3 is 2.89 bits per heavy atom. The molecule has 0 spiro atoms. The van der Waals surface area contributed by atoms with Gasteiger partial charge in [-0.2, -0.15) is 5.10 Å². The third kappa shape index (κ3) is 2.86. The summed E-state index contributed by atoms with van der Waals surface area (Å²) in [5, 5.41) is 14.4. The van der Waals surface area contributed by atoms with E-state index in [9.17, 15) is 5.11 Å². The molecule has 0 aliphatic heterocycles. The molecular weight excluding hydrogens is 292 g/mol. The summed E-state index contributed by atoms with van der Waals surface area (Å²) in [6.07, 6.45) is 6.36. The van der Waals surface area contributed by atoms with Crippen LogP contribution in [0.1, 0.15) is 45.7 Å². The maximum atomic E-state index is 10.0. The van der Waals surface area contributed by atoms with Crippen LogP contribution in [0.25, 0.3) is 5.57 Å². The van der Waals surface area contributed by atoms with Gasteiger partial charge in [-0.15, -0.1) is 0 Å². The number of nitrogens with zero attached hydrogens (tertiary/aromatic N) is 2. The Morgan fingerprint density at radius 2 is 2.28 bits per heavy atom. The lowest BCUT2D eigenvalue weighted by atomic mass is 9.75. The fourth-order valence-electron chi connectivity index (χ4n) is 2.73. The summed E-state index contributed by atoms with van der Waals surface area (Å²) in [6.45, 7) is 7.47. The molecule has 0 saturated heterocycles. The maximum absolute atomic E-state index is 10.0. The van der Waals surface area contributed by atoms with Crippen LogP contribution in [0.3, 0.4) is 0 Å². The molecule has 1 heterocycles. The minimum Gasteiger partial charge on any atom is -0.389 e. The van der Waals surface area contributed by atoms with Crippen molar-refractivity contribution in [2.45, 2.75) is 52.7 Å². The van der Waals surface area contributed by atoms with Gasteiger partial charge in [-0.25, -0.2) is 0 Å². The van der Waals surface area contributed by atoms with E-state index in [4.69, 9.17) is 0 Å². The summed E-state index contributed by atoms with van der Waals surface area (Å²) < 4.78 is 3.05. The van der Waals surface area contributed by atoms with E-state index < -0.39 is 0 Å². The van der Waals surface area contributed by atoms with Gasteiger partial charge in [0.05, 0.1) is 22.5 Å². The van der Waals surface area contributed by atoms with E-state index in [0.717, 1.165) is 36.0 Å². The smallest absolute Gasteiger partial charge is 0.0782 e. The van der Waals surface area contributed by atoms with Gasteiger partial charge in [0.2, 0.25) is 0 Å². The average Bonchev–Trinajstić information content (AvgIpc) is 2.57. The Bertz CT molecular complexity index is 462. The van der Waals surface area contributed by atoms with E-state index in [1.54, 1.807) is 0 Å². The van der Waals surface area contributed by atoms with E-state index in [1.165, 1.54) is 5.57 Å². The van der Waals surface area contributed by atoms with Crippen LogP contribution in [-0.2, 0) is 6.54 Å². The summed E-state index contributed by atoms with van der Waals surface area (Å²) in [7, 11) is 0. The molecule has 3 nitrogen and oxygen atoms in total. The molecule has 1 aromatic rings. The number of hydrogen-bond acceptors (Lipinski definition) is 2. The number of hydrogen-bond donors (Lipinski definition) is 1. The minimum atomic E-state index is -0.347. The highest BCUT2D eigenvalue weighted by Crippen LogP contribution is 2.41. The molecule has 1 N–H and O–H groups in total. The standard InChI is InChI=1S/C14H21BrN2O/c1-4-5-17-13(12(15)9-16-17)10-6-11(18)8-14(2,3)7-10/h6,9,11,18H,4-5,7-8H2,1-3H3. The first kappa shape index (κ1) is 13.8. The molecule has 18 heavy (non-hydrogen) atoms. The first-order valence-electron chi connectivity index (χ1n) is 6.53. The molecule has 1 aliphatic carbocycles. The van der Waals surface area contributed by atoms with Crippen LogP contribution in [0.4, 0.5) is 0 Å². The van der Waals surface area contributed by atoms with E-state index in [2.05, 4.69) is 41.8 Å². The SMILES string of the molecule is CCCn1ncc(Br)c1C1=CC(O)CC(C)(C)C1. The normalized spacial score (nSPS) is 22.9. The van der Waals surface area contributed by atoms with E-state index >= 15 is 0 Å². The largest absolute Gasteiger partial charge is 0.389 e. The lowest BCUT2D eigenvalue weighted by molar-refractivity contribution is 0.146. The first-order valence-corrected chi connectivity index (χ1v) is 7.32. The van der Waals surface area contributed by atoms with Crippen LogP contribution >= 0.6 is 15.9 Å². The van der Waals surface area contributed by atoms with E-state index in [1.807, 2.05) is 17.0 Å². The molecule has 1 atom stereocenters. The summed E-state index contributed by atoms with van der Waals surface area (Å²) in [6, 6.07) is 0. The van der Waals surface area contributed by atoms with E-state index in [-0.39, 0.29) is 11.5 Å². The molecule has 0 bridgehead atoms. The van der Waals surface area contributed by atoms with Crippen LogP contribution in [0.15, 0.2) is 16.7 Å². The van der Waals surface area contributed by atoms with Gasteiger partial charge in [0, 0.05) is 6.54 Å². The molecular formula is C14H21BrN2O. The third-order valence-electron chi connectivity index (χ3n) is 3.36. The minimum absolute atomic E-state index is 0.143. The van der Waals surface area contributed by atoms with Gasteiger partial charge in [-0.1, -0.05) is 26.8 Å². The summed E-state index contributed by atoms with van der Waals surface area (Å²) in [5.41, 5.74) is 2.48. The molecule has 0 saturated carbocycles. The van der Waals surface area contributed by atoms with Crippen molar-refractivity contribution in [1.29, 1.82) is 0 Å². The van der Waals surface area contributed by atoms with Crippen molar-refractivity contribution in [2.24, 2.45) is 5.41 Å². The van der Waals surface area contributed by atoms with Crippen molar-refractivity contribution in [1.82, 2.24) is 9.78 Å². The Kier molecular flexibility index (Phi) is 3.97. The van der Waals surface area contributed by atoms with Crippen molar-refractivity contribution in [2.75, 3.05) is 0 Å². The number of aliphatic hydroxyl groups is 1. The molecule has 100 valence electrons. The van der Waals surface area contributed by atoms with Gasteiger partial charge in [0.1, 0.15) is 0 Å². The Balaban J connectivity index is 2.39. The Morgan fingerprint density at radius 1 is 1.56 bits per heavy atom. The lowest BCUT2D eigenvalue weighted by Gasteiger charge is -2.32. The monoisotopic (exact) mass is 312 g/mol. The van der Waals surface area contributed by atoms with E-state index in [0.29, 0.717) is 0 Å². The zero-order chi connectivity index (χ0) is 13.3. The van der Waals surface area contributed by atoms with Crippen molar-refractivity contribution < 1.29 is 5.11 Å². The Labute approximate surface area is 117 Å². The summed E-state index contributed by atoms with van der Waals surface area (Å²) in [4.78, 5) is 0. The highest BCUT2D eigenvalue weighted by molar-refractivity contribution is 9.10. The van der Waals surface area contributed by atoms with Crippen molar-refractivity contribution in [3.63, 3.8) is 0 Å². The van der Waals surface area contributed by atoms with Crippen LogP contribution in [-0.4, -0.2) is 21.0 Å². The van der Waals surface area contributed by atoms with Gasteiger partial charge in [-0.3, -0.25) is 4.68 Å². The predicted octanol–water partition coefficient (Wildman–Crippen LogP) is 3.62. The van der Waals surface area contributed by atoms with Gasteiger partial charge in [-0.05, 0) is 46.2 Å². The summed E-state index contributed by atoms with van der Waals surface area (Å²) >= 11 is 3.57. The van der Waals surface area contributed by atoms with Gasteiger partial charge < -0.3 is 5.11 Å². The maximum Gasteiger partial charge on any atom is 0.0782 e. The fourth-order valence-corrected chi connectivity index (χ4v) is 3.28. The topological polar surface area (TPSA) is 38.0 Å². The summed E-state index contributed by atoms with van der Waals surface area (Å²) in [5.74, 6) is 0. The zero-order valence-corrected chi connectivity index (χ0v) is 12.9. The number of rotatable bonds is 3. The second kappa shape index (κ2) is 5.17. The molecule has 0 fully saturated rings. The first-order chi connectivity index (χ1) is 8.43. The number of halogens is 1. The van der Waals surface area contributed by atoms with Crippen LogP contribution < -0.4 is 0 Å². The predicted molar refractivity (Wildman–Crippen MR) is 77.2 cm³/mol. The zero-order valence-electron chi connectivity index (χ0n) is 11.3. The second-order valence-corrected chi connectivity index (χ2v) is 6.72. The molecule has 0 amide bonds. The van der Waals surface area contributed by atoms with Crippen molar-refractivity contribution in [3.05, 3.63) is 22.4 Å². The molecule has 1 unspecified atom stereocenters. The third-order valence-corrected chi connectivity index (χ3v) is 3.94. The van der Waals surface area contributed by atoms with Gasteiger partial charge in [0.25, 0.3) is 0 Å². The van der Waals surface area contributed by atoms with Gasteiger partial charge >= 0.3 is 0 Å². The van der Waals surface area contributed by atoms with Crippen LogP contribution in [0.2, 0.25) is 0 Å². The lowest BCUT2D eigenvalue weighted by Crippen LogP contribution is -2.25. The molecule has 1 aliphatic rings. The molecule has 1 aromatic heterocycles. The molecule has 0 aromatic carbocycles. The number of allylic oxidation sites excluding steroid dienone is 1. The fraction of sp³-hybridized carbons (Fsp3) is 0.643. The number of aromatic nitrogens is 2. The van der Waals surface area contributed by atoms with Gasteiger partial charge in [0.15, 0.2) is 0 Å². The second-order valence-electron chi connectivity index (χ2n) is 5.87. The Hall–Kier alpha value is -0.610. The molecule has 4 heteroatoms. The van der Waals surface area contributed by atoms with Crippen LogP contribution in [0, 0.1) is 5.41 Å². The quantitative estimate of drug-likeness (QED) is 0.925. The molecule has 2 rings (SSSR count). The molecule has 0 radical (unpaired) electrons. The van der Waals surface area contributed by atoms with Crippen molar-refractivity contribution >= 4 is 21.5 Å². The highest BCUT2D eigenvalue weighted by atomic mass is 79.9. The number of aliphatic hydroxyl groups excluding tert-OH is 1. The van der Waals surface area contributed by atoms with Crippen molar-refractivity contribution in [3.8, 4) is 0 Å².